The molecule has 0 amide bonds. The topological polar surface area (TPSA) is 49.8 Å². The molecule has 112 valence electrons. The van der Waals surface area contributed by atoms with Crippen LogP contribution in [0.4, 0.5) is 0 Å². The molecule has 0 atom stereocenters. The molecule has 4 nitrogen and oxygen atoms in total. The summed E-state index contributed by atoms with van der Waals surface area (Å²) < 4.78 is 4.68. The van der Waals surface area contributed by atoms with E-state index in [1.54, 1.807) is 22.7 Å². The molecule has 0 spiro atoms. The number of carbonyl (C=O) groups is 1. The normalized spacial score (nSPS) is 14.3. The predicted octanol–water partition coefficient (Wildman–Crippen LogP) is 3.51. The number of benzene rings is 1. The molecule has 0 fully saturated rings. The first kappa shape index (κ1) is 15.5. The van der Waals surface area contributed by atoms with E-state index in [2.05, 4.69) is 18.6 Å². The third-order valence-corrected chi connectivity index (χ3v) is 4.03. The van der Waals surface area contributed by atoms with Gasteiger partial charge < -0.3 is 14.7 Å². The van der Waals surface area contributed by atoms with Gasteiger partial charge in [-0.05, 0) is 23.0 Å². The summed E-state index contributed by atoms with van der Waals surface area (Å²) in [5.41, 5.74) is 1.92. The Balaban J connectivity index is 2.34. The van der Waals surface area contributed by atoms with Crippen LogP contribution < -0.4 is 0 Å². The zero-order valence-electron chi connectivity index (χ0n) is 12.4. The van der Waals surface area contributed by atoms with Crippen molar-refractivity contribution < 1.29 is 14.6 Å². The van der Waals surface area contributed by atoms with Crippen molar-refractivity contribution in [1.82, 2.24) is 4.90 Å². The van der Waals surface area contributed by atoms with Gasteiger partial charge in [-0.15, -0.1) is 0 Å². The highest BCUT2D eigenvalue weighted by Gasteiger charge is 2.17. The van der Waals surface area contributed by atoms with E-state index in [-0.39, 0.29) is 18.4 Å². The van der Waals surface area contributed by atoms with Crippen LogP contribution in [0.5, 0.6) is 5.75 Å². The van der Waals surface area contributed by atoms with Gasteiger partial charge in [0.15, 0.2) is 0 Å². The Morgan fingerprint density at radius 2 is 2.19 bits per heavy atom. The lowest BCUT2D eigenvalue weighted by Gasteiger charge is -2.22. The van der Waals surface area contributed by atoms with Crippen molar-refractivity contribution in [2.45, 2.75) is 19.8 Å². The number of carbonyl (C=O) groups excluding carboxylic acids is 1. The van der Waals surface area contributed by atoms with Crippen molar-refractivity contribution in [3.63, 3.8) is 0 Å². The van der Waals surface area contributed by atoms with Crippen LogP contribution in [-0.2, 0) is 9.53 Å². The maximum absolute atomic E-state index is 11.4. The van der Waals surface area contributed by atoms with Crippen molar-refractivity contribution in [3.8, 4) is 5.75 Å². The molecule has 1 heterocycles. The quantitative estimate of drug-likeness (QED) is 0.863. The monoisotopic (exact) mass is 305 g/mol. The number of rotatable bonds is 4. The second-order valence-electron chi connectivity index (χ2n) is 5.04. The van der Waals surface area contributed by atoms with Crippen molar-refractivity contribution in [2.24, 2.45) is 0 Å². The fourth-order valence-electron chi connectivity index (χ4n) is 2.23. The highest BCUT2D eigenvalue weighted by Crippen LogP contribution is 2.39. The summed E-state index contributed by atoms with van der Waals surface area (Å²) in [6.07, 6.45) is 3.74. The van der Waals surface area contributed by atoms with Crippen LogP contribution in [-0.4, -0.2) is 29.6 Å². The van der Waals surface area contributed by atoms with Gasteiger partial charge in [0.25, 0.3) is 0 Å². The van der Waals surface area contributed by atoms with Gasteiger partial charge in [-0.1, -0.05) is 37.7 Å². The van der Waals surface area contributed by atoms with Crippen molar-refractivity contribution in [2.75, 3.05) is 13.7 Å². The van der Waals surface area contributed by atoms with Crippen molar-refractivity contribution >= 4 is 22.6 Å². The van der Waals surface area contributed by atoms with E-state index < -0.39 is 0 Å². The number of hydrogen-bond donors (Lipinski definition) is 1. The summed E-state index contributed by atoms with van der Waals surface area (Å²) in [5, 5.41) is 12.0. The molecule has 1 aliphatic heterocycles. The Morgan fingerprint density at radius 3 is 2.86 bits per heavy atom. The van der Waals surface area contributed by atoms with Gasteiger partial charge in [-0.25, -0.2) is 0 Å². The van der Waals surface area contributed by atoms with E-state index >= 15 is 0 Å². The Labute approximate surface area is 129 Å². The number of thioether (sulfide) groups is 1. The molecule has 0 aliphatic carbocycles. The maximum Gasteiger partial charge on any atom is 0.325 e. The summed E-state index contributed by atoms with van der Waals surface area (Å²) in [6, 6.07) is 5.53. The van der Waals surface area contributed by atoms with Gasteiger partial charge in [0.1, 0.15) is 12.3 Å². The first-order valence-electron chi connectivity index (χ1n) is 6.73. The number of ether oxygens (including phenoxy) is 1. The number of esters is 1. The number of nitrogens with zero attached hydrogens (tertiary/aromatic N) is 1. The third kappa shape index (κ3) is 3.61. The lowest BCUT2D eigenvalue weighted by atomic mass is 9.96. The second-order valence-corrected chi connectivity index (χ2v) is 5.99. The summed E-state index contributed by atoms with van der Waals surface area (Å²) >= 11 is 1.57. The SMILES string of the molecule is COC(=O)CN1C=CSC(c2cccc(O)c2C(C)C)=C1. The molecule has 0 saturated carbocycles. The van der Waals surface area contributed by atoms with Gasteiger partial charge in [0.2, 0.25) is 0 Å². The largest absolute Gasteiger partial charge is 0.508 e. The number of phenols is 1. The summed E-state index contributed by atoms with van der Waals surface area (Å²) in [4.78, 5) is 14.2. The van der Waals surface area contributed by atoms with Crippen molar-refractivity contribution in [3.05, 3.63) is 47.1 Å². The highest BCUT2D eigenvalue weighted by molar-refractivity contribution is 8.11. The molecule has 0 radical (unpaired) electrons. The standard InChI is InChI=1S/C16H19NO3S/c1-11(2)16-12(5-4-6-13(16)18)14-9-17(7-8-21-14)10-15(19)20-3/h4-9,11,18H,10H2,1-3H3. The summed E-state index contributed by atoms with van der Waals surface area (Å²) in [7, 11) is 1.38. The van der Waals surface area contributed by atoms with Gasteiger partial charge in [0, 0.05) is 22.9 Å². The fraction of sp³-hybridized carbons (Fsp3) is 0.312. The Morgan fingerprint density at radius 1 is 1.43 bits per heavy atom. The molecule has 2 rings (SSSR count). The van der Waals surface area contributed by atoms with Crippen LogP contribution in [0.25, 0.3) is 4.91 Å². The smallest absolute Gasteiger partial charge is 0.325 e. The molecule has 1 aliphatic rings. The molecular formula is C16H19NO3S. The minimum absolute atomic E-state index is 0.173. The molecular weight excluding hydrogens is 286 g/mol. The molecule has 21 heavy (non-hydrogen) atoms. The van der Waals surface area contributed by atoms with Crippen LogP contribution in [0.2, 0.25) is 0 Å². The van der Waals surface area contributed by atoms with Gasteiger partial charge in [-0.2, -0.15) is 0 Å². The average molecular weight is 305 g/mol. The minimum Gasteiger partial charge on any atom is -0.508 e. The second kappa shape index (κ2) is 6.72. The maximum atomic E-state index is 11.4. The molecule has 1 aromatic rings. The zero-order chi connectivity index (χ0) is 15.4. The van der Waals surface area contributed by atoms with E-state index in [1.165, 1.54) is 7.11 Å². The summed E-state index contributed by atoms with van der Waals surface area (Å²) in [5.74, 6) is 0.225. The van der Waals surface area contributed by atoms with Crippen LogP contribution in [0.15, 0.2) is 36.0 Å². The molecule has 5 heteroatoms. The minimum atomic E-state index is -0.290. The molecule has 0 saturated heterocycles. The van der Waals surface area contributed by atoms with Crippen molar-refractivity contribution in [1.29, 1.82) is 0 Å². The number of aromatic hydroxyl groups is 1. The lowest BCUT2D eigenvalue weighted by Crippen LogP contribution is -2.22. The van der Waals surface area contributed by atoms with E-state index in [0.717, 1.165) is 16.0 Å². The van der Waals surface area contributed by atoms with E-state index in [4.69, 9.17) is 0 Å². The first-order chi connectivity index (χ1) is 10.0. The fourth-order valence-corrected chi connectivity index (χ4v) is 3.09. The zero-order valence-corrected chi connectivity index (χ0v) is 13.2. The van der Waals surface area contributed by atoms with E-state index in [0.29, 0.717) is 5.75 Å². The summed E-state index contributed by atoms with van der Waals surface area (Å²) in [6.45, 7) is 4.27. The van der Waals surface area contributed by atoms with Crippen LogP contribution in [0.1, 0.15) is 30.9 Å². The lowest BCUT2D eigenvalue weighted by molar-refractivity contribution is -0.140. The first-order valence-corrected chi connectivity index (χ1v) is 7.61. The average Bonchev–Trinajstić information content (AvgIpc) is 2.46. The molecule has 1 N–H and O–H groups in total. The van der Waals surface area contributed by atoms with E-state index in [1.807, 2.05) is 29.9 Å². The van der Waals surface area contributed by atoms with Crippen LogP contribution in [0.3, 0.4) is 0 Å². The van der Waals surface area contributed by atoms with E-state index in [9.17, 15) is 9.90 Å². The molecule has 0 bridgehead atoms. The third-order valence-electron chi connectivity index (χ3n) is 3.20. The molecule has 0 aromatic heterocycles. The molecule has 0 unspecified atom stereocenters. The predicted molar refractivity (Wildman–Crippen MR) is 85.6 cm³/mol. The number of methoxy groups -OCH3 is 1. The molecule has 1 aromatic carbocycles. The Hall–Kier alpha value is -1.88. The van der Waals surface area contributed by atoms with Crippen LogP contribution >= 0.6 is 11.8 Å². The van der Waals surface area contributed by atoms with Gasteiger partial charge >= 0.3 is 5.97 Å². The Kier molecular flexibility index (Phi) is 4.96. The number of hydrogen-bond acceptors (Lipinski definition) is 5. The highest BCUT2D eigenvalue weighted by atomic mass is 32.2. The van der Waals surface area contributed by atoms with Gasteiger partial charge in [-0.3, -0.25) is 4.79 Å². The van der Waals surface area contributed by atoms with Crippen LogP contribution in [0, 0.1) is 0 Å². The van der Waals surface area contributed by atoms with Gasteiger partial charge in [0.05, 0.1) is 7.11 Å². The Bertz CT molecular complexity index is 593. The number of phenolic OH excluding ortho intramolecular Hbond substituents is 1.